The molecule has 0 radical (unpaired) electrons. The smallest absolute Gasteiger partial charge is 0.183 e. The Kier molecular flexibility index (Phi) is 5.80. The molecule has 1 N–H and O–H groups in total. The van der Waals surface area contributed by atoms with E-state index in [1.807, 2.05) is 12.1 Å². The fourth-order valence-corrected chi connectivity index (χ4v) is 3.70. The largest absolute Gasteiger partial charge is 0.486 e. The number of nitrogens with one attached hydrogen (secondary N) is 1. The summed E-state index contributed by atoms with van der Waals surface area (Å²) in [5.41, 5.74) is 2.54. The van der Waals surface area contributed by atoms with E-state index >= 15 is 0 Å². The van der Waals surface area contributed by atoms with Crippen LogP contribution in [0.4, 0.5) is 4.39 Å². The van der Waals surface area contributed by atoms with Crippen molar-refractivity contribution in [2.45, 2.75) is 31.7 Å². The molecule has 1 aliphatic carbocycles. The Morgan fingerprint density at radius 1 is 1.00 bits per heavy atom. The summed E-state index contributed by atoms with van der Waals surface area (Å²) in [6, 6.07) is 11.2. The van der Waals surface area contributed by atoms with Gasteiger partial charge >= 0.3 is 0 Å². The summed E-state index contributed by atoms with van der Waals surface area (Å²) in [7, 11) is 3.14. The van der Waals surface area contributed by atoms with E-state index in [2.05, 4.69) is 11.4 Å². The lowest BCUT2D eigenvalue weighted by Crippen LogP contribution is -2.24. The van der Waals surface area contributed by atoms with Crippen molar-refractivity contribution in [1.29, 1.82) is 0 Å². The van der Waals surface area contributed by atoms with Crippen molar-refractivity contribution in [3.63, 3.8) is 0 Å². The predicted octanol–water partition coefficient (Wildman–Crippen LogP) is 4.13. The molecule has 150 valence electrons. The van der Waals surface area contributed by atoms with Crippen LogP contribution in [0.5, 0.6) is 11.5 Å². The third-order valence-corrected chi connectivity index (χ3v) is 5.30. The van der Waals surface area contributed by atoms with Crippen molar-refractivity contribution < 1.29 is 23.3 Å². The normalized spacial score (nSPS) is 17.0. The quantitative estimate of drug-likeness (QED) is 0.690. The summed E-state index contributed by atoms with van der Waals surface area (Å²) < 4.78 is 36.3. The minimum atomic E-state index is -0.503. The number of fused-ring (bicyclic) bond motifs is 1. The molecule has 4 rings (SSSR count). The topological polar surface area (TPSA) is 49.0 Å². The number of methoxy groups -OCH3 is 2. The lowest BCUT2D eigenvalue weighted by atomic mass is 10.0. The van der Waals surface area contributed by atoms with Gasteiger partial charge in [0, 0.05) is 37.9 Å². The van der Waals surface area contributed by atoms with Gasteiger partial charge in [0.15, 0.2) is 17.8 Å². The average molecular weight is 387 g/mol. The Bertz CT molecular complexity index is 820. The van der Waals surface area contributed by atoms with Gasteiger partial charge in [-0.2, -0.15) is 0 Å². The minimum absolute atomic E-state index is 0.152. The third-order valence-electron chi connectivity index (χ3n) is 5.30. The third kappa shape index (κ3) is 4.14. The highest BCUT2D eigenvalue weighted by Gasteiger charge is 2.33. The first-order chi connectivity index (χ1) is 13.7. The molecular formula is C22H26FNO4. The van der Waals surface area contributed by atoms with Crippen molar-refractivity contribution in [1.82, 2.24) is 5.32 Å². The van der Waals surface area contributed by atoms with E-state index in [0.717, 1.165) is 22.6 Å². The van der Waals surface area contributed by atoms with E-state index in [9.17, 15) is 4.39 Å². The molecule has 1 heterocycles. The molecule has 0 amide bonds. The maximum Gasteiger partial charge on any atom is 0.183 e. The lowest BCUT2D eigenvalue weighted by molar-refractivity contribution is -0.106. The summed E-state index contributed by atoms with van der Waals surface area (Å²) in [5, 5.41) is 3.55. The number of benzene rings is 2. The van der Waals surface area contributed by atoms with Gasteiger partial charge in [-0.3, -0.25) is 0 Å². The summed E-state index contributed by atoms with van der Waals surface area (Å²) in [6.07, 6.45) is 1.84. The summed E-state index contributed by atoms with van der Waals surface area (Å²) in [6.45, 7) is 1.57. The van der Waals surface area contributed by atoms with Gasteiger partial charge < -0.3 is 24.3 Å². The molecule has 0 bridgehead atoms. The van der Waals surface area contributed by atoms with Crippen molar-refractivity contribution in [3.05, 3.63) is 58.9 Å². The molecule has 1 fully saturated rings. The van der Waals surface area contributed by atoms with Crippen LogP contribution in [0.2, 0.25) is 0 Å². The maximum absolute atomic E-state index is 14.4. The van der Waals surface area contributed by atoms with E-state index in [0.29, 0.717) is 31.2 Å². The number of halogens is 1. The SMILES string of the molecule is COC(OC)c1ccc(F)c(CN[C@@H](c2ccc3c(c2)OCCO3)C2CC2)c1. The molecule has 0 spiro atoms. The summed E-state index contributed by atoms with van der Waals surface area (Å²) in [4.78, 5) is 0. The van der Waals surface area contributed by atoms with Crippen LogP contribution < -0.4 is 14.8 Å². The monoisotopic (exact) mass is 387 g/mol. The Balaban J connectivity index is 1.51. The molecule has 1 saturated carbocycles. The van der Waals surface area contributed by atoms with Crippen molar-refractivity contribution in [2.75, 3.05) is 27.4 Å². The fraction of sp³-hybridized carbons (Fsp3) is 0.455. The Morgan fingerprint density at radius 3 is 2.43 bits per heavy atom. The summed E-state index contributed by atoms with van der Waals surface area (Å²) in [5.74, 6) is 1.89. The van der Waals surface area contributed by atoms with E-state index < -0.39 is 6.29 Å². The average Bonchev–Trinajstić information content (AvgIpc) is 3.56. The molecule has 6 heteroatoms. The molecule has 2 aromatic rings. The van der Waals surface area contributed by atoms with Crippen LogP contribution in [-0.2, 0) is 16.0 Å². The molecule has 28 heavy (non-hydrogen) atoms. The zero-order valence-electron chi connectivity index (χ0n) is 16.2. The predicted molar refractivity (Wildman–Crippen MR) is 103 cm³/mol. The van der Waals surface area contributed by atoms with Crippen LogP contribution in [0.25, 0.3) is 0 Å². The number of ether oxygens (including phenoxy) is 4. The fourth-order valence-electron chi connectivity index (χ4n) is 3.70. The van der Waals surface area contributed by atoms with Crippen LogP contribution in [0.1, 0.15) is 41.9 Å². The van der Waals surface area contributed by atoms with Crippen molar-refractivity contribution in [2.24, 2.45) is 5.92 Å². The van der Waals surface area contributed by atoms with Gasteiger partial charge in [0.2, 0.25) is 0 Å². The molecule has 2 aliphatic rings. The molecule has 0 aromatic heterocycles. The van der Waals surface area contributed by atoms with Gasteiger partial charge in [-0.1, -0.05) is 12.1 Å². The van der Waals surface area contributed by atoms with Gasteiger partial charge in [-0.05, 0) is 48.6 Å². The second-order valence-electron chi connectivity index (χ2n) is 7.25. The first-order valence-electron chi connectivity index (χ1n) is 9.66. The van der Waals surface area contributed by atoms with E-state index in [-0.39, 0.29) is 11.9 Å². The van der Waals surface area contributed by atoms with Crippen molar-refractivity contribution in [3.8, 4) is 11.5 Å². The molecule has 0 saturated heterocycles. The lowest BCUT2D eigenvalue weighted by Gasteiger charge is -2.23. The Hall–Kier alpha value is -2.15. The first-order valence-corrected chi connectivity index (χ1v) is 9.66. The summed E-state index contributed by atoms with van der Waals surface area (Å²) >= 11 is 0. The molecule has 2 aromatic carbocycles. The van der Waals surface area contributed by atoms with Crippen LogP contribution in [0.3, 0.4) is 0 Å². The molecule has 0 unspecified atom stereocenters. The van der Waals surface area contributed by atoms with Gasteiger partial charge in [0.05, 0.1) is 0 Å². The van der Waals surface area contributed by atoms with Gasteiger partial charge in [-0.25, -0.2) is 4.39 Å². The first kappa shape index (κ1) is 19.2. The van der Waals surface area contributed by atoms with Crippen LogP contribution in [-0.4, -0.2) is 27.4 Å². The van der Waals surface area contributed by atoms with Gasteiger partial charge in [-0.15, -0.1) is 0 Å². The molecular weight excluding hydrogens is 361 g/mol. The molecule has 5 nitrogen and oxygen atoms in total. The minimum Gasteiger partial charge on any atom is -0.486 e. The molecule has 1 aliphatic heterocycles. The zero-order valence-corrected chi connectivity index (χ0v) is 16.2. The number of hydrogen-bond donors (Lipinski definition) is 1. The van der Waals surface area contributed by atoms with Crippen LogP contribution in [0.15, 0.2) is 36.4 Å². The van der Waals surface area contributed by atoms with Crippen LogP contribution >= 0.6 is 0 Å². The second kappa shape index (κ2) is 8.47. The maximum atomic E-state index is 14.4. The second-order valence-corrected chi connectivity index (χ2v) is 7.25. The molecule has 1 atom stereocenters. The number of hydrogen-bond acceptors (Lipinski definition) is 5. The van der Waals surface area contributed by atoms with Crippen molar-refractivity contribution >= 4 is 0 Å². The van der Waals surface area contributed by atoms with E-state index in [4.69, 9.17) is 18.9 Å². The Labute approximate surface area is 164 Å². The van der Waals surface area contributed by atoms with E-state index in [1.165, 1.54) is 18.9 Å². The van der Waals surface area contributed by atoms with Crippen LogP contribution in [0, 0.1) is 11.7 Å². The van der Waals surface area contributed by atoms with Gasteiger partial charge in [0.25, 0.3) is 0 Å². The number of rotatable bonds is 8. The van der Waals surface area contributed by atoms with E-state index in [1.54, 1.807) is 26.4 Å². The highest BCUT2D eigenvalue weighted by atomic mass is 19.1. The highest BCUT2D eigenvalue weighted by Crippen LogP contribution is 2.43. The van der Waals surface area contributed by atoms with Gasteiger partial charge in [0.1, 0.15) is 19.0 Å². The zero-order chi connectivity index (χ0) is 19.5. The standard InChI is InChI=1S/C22H26FNO4/c1-25-22(26-2)16-5-7-18(23)17(11-16)13-24-21(14-3-4-14)15-6-8-19-20(12-15)28-10-9-27-19/h5-8,11-12,14,21-22,24H,3-4,9-10,13H2,1-2H3/t21-/m1/s1. The highest BCUT2D eigenvalue weighted by molar-refractivity contribution is 5.45. The Morgan fingerprint density at radius 2 is 1.71 bits per heavy atom.